The van der Waals surface area contributed by atoms with E-state index < -0.39 is 23.6 Å². The van der Waals surface area contributed by atoms with Crippen LogP contribution in [-0.4, -0.2) is 23.4 Å². The monoisotopic (exact) mass is 226 g/mol. The molecule has 1 fully saturated rings. The lowest BCUT2D eigenvalue weighted by Crippen LogP contribution is -2.27. The van der Waals surface area contributed by atoms with Gasteiger partial charge in [-0.25, -0.2) is 13.6 Å². The Morgan fingerprint density at radius 1 is 1.25 bits per heavy atom. The van der Waals surface area contributed by atoms with Crippen molar-refractivity contribution in [3.8, 4) is 0 Å². The minimum absolute atomic E-state index is 0.0577. The molecule has 1 aromatic rings. The number of imide groups is 1. The Bertz CT molecular complexity index is 462. The summed E-state index contributed by atoms with van der Waals surface area (Å²) >= 11 is 0. The number of halogens is 2. The van der Waals surface area contributed by atoms with E-state index in [9.17, 15) is 18.4 Å². The summed E-state index contributed by atoms with van der Waals surface area (Å²) in [6.07, 6.45) is 0. The first-order valence-corrected chi connectivity index (χ1v) is 4.59. The van der Waals surface area contributed by atoms with Gasteiger partial charge in [-0.2, -0.15) is 0 Å². The Labute approximate surface area is 89.8 Å². The maximum atomic E-state index is 12.9. The van der Waals surface area contributed by atoms with Gasteiger partial charge in [0.1, 0.15) is 6.54 Å². The third-order valence-corrected chi connectivity index (χ3v) is 2.23. The summed E-state index contributed by atoms with van der Waals surface area (Å²) in [5, 5.41) is 2.09. The molecule has 1 saturated heterocycles. The average molecular weight is 226 g/mol. The number of amides is 3. The van der Waals surface area contributed by atoms with Crippen LogP contribution in [0.2, 0.25) is 0 Å². The minimum atomic E-state index is -0.969. The van der Waals surface area contributed by atoms with Gasteiger partial charge >= 0.3 is 6.03 Å². The van der Waals surface area contributed by atoms with E-state index in [0.29, 0.717) is 5.56 Å². The summed E-state index contributed by atoms with van der Waals surface area (Å²) in [4.78, 5) is 23.3. The van der Waals surface area contributed by atoms with Crippen LogP contribution in [0.15, 0.2) is 18.2 Å². The fourth-order valence-corrected chi connectivity index (χ4v) is 1.47. The third-order valence-electron chi connectivity index (χ3n) is 2.23. The maximum Gasteiger partial charge on any atom is 0.324 e. The summed E-state index contributed by atoms with van der Waals surface area (Å²) in [6.45, 7) is 0.0204. The van der Waals surface area contributed by atoms with E-state index in [0.717, 1.165) is 12.1 Å². The number of nitrogens with one attached hydrogen (secondary N) is 1. The molecule has 1 aliphatic heterocycles. The lowest BCUT2D eigenvalue weighted by Gasteiger charge is -2.12. The molecule has 0 radical (unpaired) electrons. The van der Waals surface area contributed by atoms with Crippen LogP contribution in [0, 0.1) is 11.6 Å². The predicted octanol–water partition coefficient (Wildman–Crippen LogP) is 1.02. The molecular formula is C10H8F2N2O2. The fraction of sp³-hybridized carbons (Fsp3) is 0.200. The minimum Gasteiger partial charge on any atom is -0.311 e. The molecule has 84 valence electrons. The Hall–Kier alpha value is -1.98. The number of carbonyl (C=O) groups excluding carboxylic acids is 2. The Morgan fingerprint density at radius 3 is 2.56 bits per heavy atom. The predicted molar refractivity (Wildman–Crippen MR) is 50.3 cm³/mol. The van der Waals surface area contributed by atoms with Gasteiger partial charge in [0.05, 0.1) is 0 Å². The fourth-order valence-electron chi connectivity index (χ4n) is 1.47. The largest absolute Gasteiger partial charge is 0.324 e. The van der Waals surface area contributed by atoms with Gasteiger partial charge in [0.25, 0.3) is 0 Å². The molecule has 1 aliphatic rings. The number of carbonyl (C=O) groups is 2. The number of rotatable bonds is 2. The van der Waals surface area contributed by atoms with Gasteiger partial charge in [-0.15, -0.1) is 0 Å². The molecule has 1 N–H and O–H groups in total. The van der Waals surface area contributed by atoms with E-state index in [1.165, 1.54) is 11.0 Å². The van der Waals surface area contributed by atoms with Crippen molar-refractivity contribution in [2.24, 2.45) is 0 Å². The standard InChI is InChI=1S/C10H8F2N2O2/c11-7-2-1-6(3-8(7)12)4-14-5-9(15)13-10(14)16/h1-3H,4-5H2,(H,13,15,16). The zero-order chi connectivity index (χ0) is 11.7. The Kier molecular flexibility index (Phi) is 2.55. The molecule has 0 saturated carbocycles. The molecule has 6 heteroatoms. The summed E-state index contributed by atoms with van der Waals surface area (Å²) in [6, 6.07) is 2.84. The van der Waals surface area contributed by atoms with Gasteiger partial charge in [-0.05, 0) is 17.7 Å². The first kappa shape index (κ1) is 10.5. The van der Waals surface area contributed by atoms with Gasteiger partial charge in [0.2, 0.25) is 5.91 Å². The summed E-state index contributed by atoms with van der Waals surface area (Å²) in [7, 11) is 0. The first-order chi connectivity index (χ1) is 7.56. The van der Waals surface area contributed by atoms with E-state index in [-0.39, 0.29) is 13.1 Å². The van der Waals surface area contributed by atoms with Gasteiger partial charge in [-0.1, -0.05) is 6.07 Å². The van der Waals surface area contributed by atoms with E-state index in [1.807, 2.05) is 0 Å². The molecule has 4 nitrogen and oxygen atoms in total. The number of hydrogen-bond acceptors (Lipinski definition) is 2. The van der Waals surface area contributed by atoms with Crippen molar-refractivity contribution in [2.45, 2.75) is 6.54 Å². The third kappa shape index (κ3) is 2.00. The average Bonchev–Trinajstić information content (AvgIpc) is 2.51. The normalized spacial score (nSPS) is 15.5. The molecule has 0 spiro atoms. The highest BCUT2D eigenvalue weighted by molar-refractivity contribution is 6.01. The van der Waals surface area contributed by atoms with Crippen LogP contribution in [-0.2, 0) is 11.3 Å². The van der Waals surface area contributed by atoms with E-state index in [4.69, 9.17) is 0 Å². The smallest absolute Gasteiger partial charge is 0.311 e. The second-order valence-corrected chi connectivity index (χ2v) is 3.46. The van der Waals surface area contributed by atoms with Crippen molar-refractivity contribution in [3.05, 3.63) is 35.4 Å². The van der Waals surface area contributed by atoms with Gasteiger partial charge in [0, 0.05) is 6.54 Å². The molecule has 0 aliphatic carbocycles. The van der Waals surface area contributed by atoms with Crippen molar-refractivity contribution >= 4 is 11.9 Å². The second-order valence-electron chi connectivity index (χ2n) is 3.46. The van der Waals surface area contributed by atoms with Crippen LogP contribution < -0.4 is 5.32 Å². The van der Waals surface area contributed by atoms with Crippen LogP contribution in [0.3, 0.4) is 0 Å². The second kappa shape index (κ2) is 3.88. The molecule has 16 heavy (non-hydrogen) atoms. The van der Waals surface area contributed by atoms with Gasteiger partial charge in [0.15, 0.2) is 11.6 Å². The van der Waals surface area contributed by atoms with Crippen molar-refractivity contribution in [2.75, 3.05) is 6.54 Å². The van der Waals surface area contributed by atoms with Gasteiger partial charge in [-0.3, -0.25) is 10.1 Å². The van der Waals surface area contributed by atoms with Crippen molar-refractivity contribution < 1.29 is 18.4 Å². The highest BCUT2D eigenvalue weighted by Gasteiger charge is 2.26. The lowest BCUT2D eigenvalue weighted by atomic mass is 10.2. The summed E-state index contributed by atoms with van der Waals surface area (Å²) in [5.41, 5.74) is 0.434. The highest BCUT2D eigenvalue weighted by atomic mass is 19.2. The lowest BCUT2D eigenvalue weighted by molar-refractivity contribution is -0.118. The number of hydrogen-bond donors (Lipinski definition) is 1. The molecule has 2 rings (SSSR count). The Balaban J connectivity index is 2.12. The van der Waals surface area contributed by atoms with Gasteiger partial charge < -0.3 is 4.90 Å². The number of benzene rings is 1. The molecule has 0 unspecified atom stereocenters. The van der Waals surface area contributed by atoms with E-state index in [2.05, 4.69) is 5.32 Å². The zero-order valence-corrected chi connectivity index (χ0v) is 8.17. The topological polar surface area (TPSA) is 49.4 Å². The molecule has 3 amide bonds. The van der Waals surface area contributed by atoms with Crippen LogP contribution in [0.1, 0.15) is 5.56 Å². The van der Waals surface area contributed by atoms with Crippen LogP contribution in [0.5, 0.6) is 0 Å². The Morgan fingerprint density at radius 2 is 2.00 bits per heavy atom. The summed E-state index contributed by atoms with van der Waals surface area (Å²) in [5.74, 6) is -2.30. The molecule has 1 aromatic carbocycles. The molecule has 0 bridgehead atoms. The molecule has 0 atom stereocenters. The number of nitrogens with zero attached hydrogens (tertiary/aromatic N) is 1. The van der Waals surface area contributed by atoms with E-state index in [1.54, 1.807) is 0 Å². The van der Waals surface area contributed by atoms with Crippen LogP contribution in [0.25, 0.3) is 0 Å². The summed E-state index contributed by atoms with van der Waals surface area (Å²) < 4.78 is 25.5. The molecule has 0 aromatic heterocycles. The molecule has 1 heterocycles. The quantitative estimate of drug-likeness (QED) is 0.765. The molecular weight excluding hydrogens is 218 g/mol. The van der Waals surface area contributed by atoms with Crippen molar-refractivity contribution in [1.82, 2.24) is 10.2 Å². The zero-order valence-electron chi connectivity index (χ0n) is 8.17. The maximum absolute atomic E-state index is 12.9. The SMILES string of the molecule is O=C1CN(Cc2ccc(F)c(F)c2)C(=O)N1. The van der Waals surface area contributed by atoms with Crippen molar-refractivity contribution in [1.29, 1.82) is 0 Å². The number of urea groups is 1. The van der Waals surface area contributed by atoms with Crippen LogP contribution in [0.4, 0.5) is 13.6 Å². The first-order valence-electron chi connectivity index (χ1n) is 4.59. The van der Waals surface area contributed by atoms with Crippen molar-refractivity contribution in [3.63, 3.8) is 0 Å². The highest BCUT2D eigenvalue weighted by Crippen LogP contribution is 2.12. The van der Waals surface area contributed by atoms with E-state index >= 15 is 0 Å². The van der Waals surface area contributed by atoms with Crippen LogP contribution >= 0.6 is 0 Å².